The van der Waals surface area contributed by atoms with Crippen LogP contribution in [0.25, 0.3) is 0 Å². The van der Waals surface area contributed by atoms with Crippen molar-refractivity contribution < 1.29 is 27.5 Å². The zero-order valence-electron chi connectivity index (χ0n) is 18.6. The lowest BCUT2D eigenvalue weighted by atomic mass is 9.95. The summed E-state index contributed by atoms with van der Waals surface area (Å²) in [6.07, 6.45) is -4.45. The van der Waals surface area contributed by atoms with Gasteiger partial charge in [-0.05, 0) is 68.0 Å². The highest BCUT2D eigenvalue weighted by Gasteiger charge is 2.34. The zero-order chi connectivity index (χ0) is 25.0. The van der Waals surface area contributed by atoms with Gasteiger partial charge in [-0.1, -0.05) is 12.1 Å². The summed E-state index contributed by atoms with van der Waals surface area (Å²) in [6, 6.07) is 9.72. The summed E-state index contributed by atoms with van der Waals surface area (Å²) >= 11 is 5.43. The first-order valence-electron chi connectivity index (χ1n) is 10.3. The molecule has 1 unspecified atom stereocenters. The Balaban J connectivity index is 1.73. The maximum Gasteiger partial charge on any atom is 0.416 e. The molecule has 0 aliphatic carbocycles. The number of rotatable bonds is 5. The van der Waals surface area contributed by atoms with E-state index >= 15 is 0 Å². The van der Waals surface area contributed by atoms with Crippen molar-refractivity contribution in [1.82, 2.24) is 10.2 Å². The van der Waals surface area contributed by atoms with Gasteiger partial charge in [-0.3, -0.25) is 0 Å². The Bertz CT molecular complexity index is 1120. The second-order valence-electron chi connectivity index (χ2n) is 7.39. The Morgan fingerprint density at radius 2 is 1.59 bits per heavy atom. The topological polar surface area (TPSA) is 82.7 Å². The fourth-order valence-corrected chi connectivity index (χ4v) is 3.97. The minimum atomic E-state index is -4.45. The summed E-state index contributed by atoms with van der Waals surface area (Å²) in [5, 5.41) is 8.73. The van der Waals surface area contributed by atoms with Crippen LogP contribution in [0.4, 0.5) is 29.3 Å². The van der Waals surface area contributed by atoms with Gasteiger partial charge in [0.25, 0.3) is 0 Å². The molecule has 180 valence electrons. The van der Waals surface area contributed by atoms with Crippen LogP contribution in [0.1, 0.15) is 31.0 Å². The number of hydrogen-bond acceptors (Lipinski definition) is 4. The summed E-state index contributed by atoms with van der Waals surface area (Å²) in [4.78, 5) is 26.5. The molecule has 3 rings (SSSR count). The van der Waals surface area contributed by atoms with Crippen LogP contribution >= 0.6 is 12.2 Å². The van der Waals surface area contributed by atoms with Crippen molar-refractivity contribution in [2.45, 2.75) is 26.1 Å². The molecule has 0 aromatic heterocycles. The lowest BCUT2D eigenvalue weighted by molar-refractivity contribution is -0.138. The number of nitrogens with one attached hydrogen (secondary N) is 3. The van der Waals surface area contributed by atoms with E-state index in [0.717, 1.165) is 17.7 Å². The van der Waals surface area contributed by atoms with Gasteiger partial charge in [-0.15, -0.1) is 0 Å². The first-order chi connectivity index (χ1) is 16.0. The molecule has 3 N–H and O–H groups in total. The molecular formula is C23H23F3N4O3S. The molecule has 1 heterocycles. The Morgan fingerprint density at radius 3 is 2.06 bits per heavy atom. The van der Waals surface area contributed by atoms with Gasteiger partial charge in [-0.25, -0.2) is 9.59 Å². The van der Waals surface area contributed by atoms with E-state index in [1.807, 2.05) is 6.92 Å². The molecule has 0 bridgehead atoms. The first kappa shape index (κ1) is 25.0. The standard InChI is InChI=1S/C23H23F3N4O3S/c1-4-30-13(2)18(20(31)33-3)19(29-22(30)34)14-5-9-16(10-6-14)27-21(32)28-17-11-7-15(8-12-17)23(24,25)26/h5-12,19H,4H2,1-3H3,(H,29,34)(H2,27,28,32). The number of amides is 2. The van der Waals surface area contributed by atoms with Gasteiger partial charge in [0.15, 0.2) is 5.11 Å². The Kier molecular flexibility index (Phi) is 7.45. The van der Waals surface area contributed by atoms with Crippen LogP contribution < -0.4 is 16.0 Å². The van der Waals surface area contributed by atoms with E-state index in [-0.39, 0.29) is 5.69 Å². The van der Waals surface area contributed by atoms with Gasteiger partial charge in [0.05, 0.1) is 24.3 Å². The smallest absolute Gasteiger partial charge is 0.416 e. The van der Waals surface area contributed by atoms with E-state index < -0.39 is 29.8 Å². The van der Waals surface area contributed by atoms with Crippen LogP contribution in [0.3, 0.4) is 0 Å². The number of carbonyl (C=O) groups excluding carboxylic acids is 2. The number of urea groups is 1. The highest BCUT2D eigenvalue weighted by Crippen LogP contribution is 2.32. The molecule has 2 amide bonds. The van der Waals surface area contributed by atoms with E-state index in [1.165, 1.54) is 19.2 Å². The summed E-state index contributed by atoms with van der Waals surface area (Å²) in [5.41, 5.74) is 1.71. The average molecular weight is 493 g/mol. The van der Waals surface area contributed by atoms with E-state index in [1.54, 1.807) is 36.1 Å². The summed E-state index contributed by atoms with van der Waals surface area (Å²) < 4.78 is 43.0. The predicted molar refractivity (Wildman–Crippen MR) is 126 cm³/mol. The second kappa shape index (κ2) is 10.1. The number of esters is 1. The Labute approximate surface area is 200 Å². The third kappa shape index (κ3) is 5.48. The molecule has 0 radical (unpaired) electrons. The molecule has 0 saturated carbocycles. The van der Waals surface area contributed by atoms with Crippen molar-refractivity contribution in [3.8, 4) is 0 Å². The largest absolute Gasteiger partial charge is 0.466 e. The molecule has 0 fully saturated rings. The van der Waals surface area contributed by atoms with Crippen molar-refractivity contribution in [3.63, 3.8) is 0 Å². The minimum absolute atomic E-state index is 0.214. The van der Waals surface area contributed by atoms with Crippen LogP contribution in [0.2, 0.25) is 0 Å². The third-order valence-corrected chi connectivity index (χ3v) is 5.63. The van der Waals surface area contributed by atoms with Gasteiger partial charge in [0, 0.05) is 23.6 Å². The maximum absolute atomic E-state index is 12.7. The highest BCUT2D eigenvalue weighted by atomic mass is 32.1. The van der Waals surface area contributed by atoms with Gasteiger partial charge in [0.2, 0.25) is 0 Å². The normalized spacial score (nSPS) is 16.1. The molecule has 1 aliphatic rings. The molecule has 1 atom stereocenters. The van der Waals surface area contributed by atoms with Crippen LogP contribution in [0, 0.1) is 0 Å². The summed E-state index contributed by atoms with van der Waals surface area (Å²) in [7, 11) is 1.31. The van der Waals surface area contributed by atoms with Gasteiger partial charge >= 0.3 is 18.2 Å². The van der Waals surface area contributed by atoms with Crippen molar-refractivity contribution in [1.29, 1.82) is 0 Å². The van der Waals surface area contributed by atoms with Crippen LogP contribution in [0.15, 0.2) is 59.8 Å². The Hall–Kier alpha value is -3.60. The number of halogens is 3. The highest BCUT2D eigenvalue weighted by molar-refractivity contribution is 7.80. The van der Waals surface area contributed by atoms with Crippen LogP contribution in [-0.2, 0) is 15.7 Å². The fourth-order valence-electron chi connectivity index (χ4n) is 3.58. The molecule has 7 nitrogen and oxygen atoms in total. The zero-order valence-corrected chi connectivity index (χ0v) is 19.4. The molecule has 0 saturated heterocycles. The number of carbonyl (C=O) groups is 2. The predicted octanol–water partition coefficient (Wildman–Crippen LogP) is 5.05. The molecule has 0 spiro atoms. The average Bonchev–Trinajstić information content (AvgIpc) is 2.78. The van der Waals surface area contributed by atoms with E-state index in [0.29, 0.717) is 28.6 Å². The quantitative estimate of drug-likeness (QED) is 0.401. The van der Waals surface area contributed by atoms with Crippen molar-refractivity contribution in [2.75, 3.05) is 24.3 Å². The second-order valence-corrected chi connectivity index (χ2v) is 7.78. The van der Waals surface area contributed by atoms with Gasteiger partial charge in [-0.2, -0.15) is 13.2 Å². The fraction of sp³-hybridized carbons (Fsp3) is 0.261. The number of benzene rings is 2. The molecule has 1 aliphatic heterocycles. The Morgan fingerprint density at radius 1 is 1.06 bits per heavy atom. The number of methoxy groups -OCH3 is 1. The van der Waals surface area contributed by atoms with Crippen LogP contribution in [-0.4, -0.2) is 35.7 Å². The summed E-state index contributed by atoms with van der Waals surface area (Å²) in [5.74, 6) is -0.478. The van der Waals surface area contributed by atoms with Crippen molar-refractivity contribution in [2.24, 2.45) is 0 Å². The van der Waals surface area contributed by atoms with E-state index in [4.69, 9.17) is 17.0 Å². The molecule has 2 aromatic carbocycles. The molecular weight excluding hydrogens is 469 g/mol. The number of anilines is 2. The molecule has 11 heteroatoms. The van der Waals surface area contributed by atoms with Crippen molar-refractivity contribution in [3.05, 3.63) is 70.9 Å². The SMILES string of the molecule is CCN1C(=S)NC(c2ccc(NC(=O)Nc3ccc(C(F)(F)F)cc3)cc2)C(C(=O)OC)=C1C. The lowest BCUT2D eigenvalue weighted by Crippen LogP contribution is -2.47. The number of allylic oxidation sites excluding steroid dienone is 1. The van der Waals surface area contributed by atoms with Crippen LogP contribution in [0.5, 0.6) is 0 Å². The monoisotopic (exact) mass is 492 g/mol. The third-order valence-electron chi connectivity index (χ3n) is 5.29. The molecule has 2 aromatic rings. The number of hydrogen-bond donors (Lipinski definition) is 3. The first-order valence-corrected chi connectivity index (χ1v) is 10.7. The number of ether oxygens (including phenoxy) is 1. The van der Waals surface area contributed by atoms with Crippen molar-refractivity contribution >= 4 is 40.7 Å². The number of thiocarbonyl (C=S) groups is 1. The lowest BCUT2D eigenvalue weighted by Gasteiger charge is -2.36. The maximum atomic E-state index is 12.7. The summed E-state index contributed by atoms with van der Waals surface area (Å²) in [6.45, 7) is 4.31. The van der Waals surface area contributed by atoms with Gasteiger partial charge in [0.1, 0.15) is 0 Å². The minimum Gasteiger partial charge on any atom is -0.466 e. The number of nitrogens with zero attached hydrogens (tertiary/aromatic N) is 1. The molecule has 34 heavy (non-hydrogen) atoms. The van der Waals surface area contributed by atoms with E-state index in [9.17, 15) is 22.8 Å². The van der Waals surface area contributed by atoms with Gasteiger partial charge < -0.3 is 25.6 Å². The number of alkyl halides is 3. The van der Waals surface area contributed by atoms with E-state index in [2.05, 4.69) is 16.0 Å².